The van der Waals surface area contributed by atoms with Crippen LogP contribution in [0.5, 0.6) is 5.75 Å². The third-order valence-corrected chi connectivity index (χ3v) is 11.2. The second-order valence-corrected chi connectivity index (χ2v) is 15.1. The van der Waals surface area contributed by atoms with E-state index in [9.17, 15) is 34.4 Å². The number of esters is 1. The lowest BCUT2D eigenvalue weighted by molar-refractivity contribution is -0.420. The van der Waals surface area contributed by atoms with Crippen molar-refractivity contribution in [1.82, 2.24) is 10.2 Å². The number of hydrogen-bond donors (Lipinski definition) is 2. The number of nitrogens with zero attached hydrogens (tertiary/aromatic N) is 3. The molecule has 3 heterocycles. The van der Waals surface area contributed by atoms with Crippen molar-refractivity contribution in [2.45, 2.75) is 88.7 Å². The first-order valence-electron chi connectivity index (χ1n) is 18.2. The second kappa shape index (κ2) is 17.1. The summed E-state index contributed by atoms with van der Waals surface area (Å²) >= 11 is 6.76. The van der Waals surface area contributed by atoms with Gasteiger partial charge in [-0.05, 0) is 63.1 Å². The fourth-order valence-corrected chi connectivity index (χ4v) is 7.51. The summed E-state index contributed by atoms with van der Waals surface area (Å²) in [6.45, 7) is 6.67. The Bertz CT molecular complexity index is 2020. The van der Waals surface area contributed by atoms with Crippen molar-refractivity contribution in [3.63, 3.8) is 0 Å². The molecule has 2 N–H and O–H groups in total. The first-order valence-corrected chi connectivity index (χ1v) is 18.6. The molecule has 0 radical (unpaired) electrons. The van der Waals surface area contributed by atoms with Gasteiger partial charge in [-0.3, -0.25) is 25.0 Å². The summed E-state index contributed by atoms with van der Waals surface area (Å²) in [4.78, 5) is 68.0. The molecule has 3 amide bonds. The summed E-state index contributed by atoms with van der Waals surface area (Å²) in [6.07, 6.45) is 5.23. The number of ether oxygens (including phenoxy) is 5. The maximum Gasteiger partial charge on any atom is 0.409 e. The van der Waals surface area contributed by atoms with E-state index in [0.717, 1.165) is 22.1 Å². The van der Waals surface area contributed by atoms with E-state index in [1.165, 1.54) is 58.4 Å². The van der Waals surface area contributed by atoms with Crippen LogP contribution in [-0.2, 0) is 39.8 Å². The molecule has 4 bridgehead atoms. The van der Waals surface area contributed by atoms with Gasteiger partial charge < -0.3 is 38.6 Å². The Labute approximate surface area is 335 Å². The second-order valence-electron chi connectivity index (χ2n) is 14.7. The van der Waals surface area contributed by atoms with Crippen molar-refractivity contribution in [3.05, 3.63) is 97.9 Å². The van der Waals surface area contributed by atoms with Crippen LogP contribution in [0.25, 0.3) is 0 Å². The third kappa shape index (κ3) is 9.00. The molecule has 1 aliphatic carbocycles. The smallest absolute Gasteiger partial charge is 0.409 e. The van der Waals surface area contributed by atoms with E-state index in [4.69, 9.17) is 35.3 Å². The molecule has 8 atom stereocenters. The summed E-state index contributed by atoms with van der Waals surface area (Å²) < 4.78 is 29.1. The maximum absolute atomic E-state index is 14.2. The van der Waals surface area contributed by atoms with E-state index in [1.54, 1.807) is 38.1 Å². The van der Waals surface area contributed by atoms with Crippen molar-refractivity contribution in [2.75, 3.05) is 33.2 Å². The van der Waals surface area contributed by atoms with E-state index in [-0.39, 0.29) is 17.0 Å². The minimum absolute atomic E-state index is 0.108. The Morgan fingerprint density at radius 3 is 2.58 bits per heavy atom. The largest absolute Gasteiger partial charge is 0.495 e. The highest BCUT2D eigenvalue weighted by Crippen LogP contribution is 2.49. The van der Waals surface area contributed by atoms with E-state index >= 15 is 0 Å². The number of nitrogens with one attached hydrogen (secondary N) is 1. The molecule has 1 aromatic carbocycles. The van der Waals surface area contributed by atoms with Crippen LogP contribution in [0.15, 0.2) is 77.2 Å². The van der Waals surface area contributed by atoms with Crippen LogP contribution in [0.2, 0.25) is 5.02 Å². The average Bonchev–Trinajstić information content (AvgIpc) is 3.92. The number of methoxy groups -OCH3 is 2. The fourth-order valence-electron chi connectivity index (χ4n) is 7.20. The van der Waals surface area contributed by atoms with Gasteiger partial charge in [-0.1, -0.05) is 42.3 Å². The van der Waals surface area contributed by atoms with Gasteiger partial charge in [0.05, 0.1) is 30.2 Å². The predicted octanol–water partition coefficient (Wildman–Crippen LogP) is 4.33. The van der Waals surface area contributed by atoms with E-state index in [2.05, 4.69) is 11.0 Å². The lowest BCUT2D eigenvalue weighted by Crippen LogP contribution is -2.63. The van der Waals surface area contributed by atoms with Crippen LogP contribution in [0.4, 0.5) is 10.5 Å². The number of rotatable bonds is 7. The van der Waals surface area contributed by atoms with Crippen LogP contribution in [0, 0.1) is 16.0 Å². The number of amides is 3. The van der Waals surface area contributed by atoms with Gasteiger partial charge in [0.25, 0.3) is 11.6 Å². The first-order chi connectivity index (χ1) is 26.8. The van der Waals surface area contributed by atoms with E-state index in [0.29, 0.717) is 17.9 Å². The number of fused-ring (bicyclic) bond motifs is 5. The van der Waals surface area contributed by atoms with Gasteiger partial charge in [0.1, 0.15) is 46.3 Å². The SMILES string of the molecule is COc1cc2cc(c1Cl)N(C)C(=O)C[C@H](OC(=O)[C@H](C)N(C)C(=O)C1=CC=C=CC=C1[N+](=O)[O-])[C@]1(C)O[C@H]1[C@H](C)[C@@H]1C[C@@](O)(NC(=O)O1)[C@H](OC)/C=C/C=C(\C)C2. The molecule has 4 aliphatic rings. The topological polar surface area (TPSA) is 200 Å². The number of halogens is 1. The van der Waals surface area contributed by atoms with Gasteiger partial charge >= 0.3 is 12.1 Å². The van der Waals surface area contributed by atoms with Gasteiger partial charge in [-0.25, -0.2) is 9.59 Å². The number of anilines is 1. The van der Waals surface area contributed by atoms with Gasteiger partial charge in [0.15, 0.2) is 5.72 Å². The summed E-state index contributed by atoms with van der Waals surface area (Å²) in [5.41, 5.74) is 0.685. The Morgan fingerprint density at radius 1 is 1.21 bits per heavy atom. The fraction of sp³-hybridized carbons (Fsp3) is 0.475. The number of carbonyl (C=O) groups excluding carboxylic acids is 4. The summed E-state index contributed by atoms with van der Waals surface area (Å²) in [7, 11) is 5.68. The quantitative estimate of drug-likeness (QED) is 0.130. The van der Waals surface area contributed by atoms with Crippen LogP contribution in [-0.4, -0.2) is 109 Å². The first kappa shape index (κ1) is 42.9. The average molecular weight is 811 g/mol. The number of carbonyl (C=O) groups is 4. The van der Waals surface area contributed by atoms with Crippen molar-refractivity contribution in [3.8, 4) is 5.75 Å². The molecule has 1 aromatic rings. The molecule has 0 aromatic heterocycles. The molecule has 2 fully saturated rings. The number of likely N-dealkylation sites (N-methyl/N-ethyl adjacent to an activating group) is 1. The number of benzene rings is 1. The number of hydrogen-bond acceptors (Lipinski definition) is 12. The van der Waals surface area contributed by atoms with Gasteiger partial charge in [0, 0.05) is 39.6 Å². The number of nitro groups is 1. The zero-order valence-corrected chi connectivity index (χ0v) is 33.7. The van der Waals surface area contributed by atoms with Crippen molar-refractivity contribution < 1.29 is 52.9 Å². The van der Waals surface area contributed by atoms with Gasteiger partial charge in [-0.15, -0.1) is 5.73 Å². The van der Waals surface area contributed by atoms with Crippen molar-refractivity contribution in [2.24, 2.45) is 5.92 Å². The molecule has 5 rings (SSSR count). The molecule has 0 saturated carbocycles. The molecule has 57 heavy (non-hydrogen) atoms. The van der Waals surface area contributed by atoms with Crippen LogP contribution >= 0.6 is 11.6 Å². The van der Waals surface area contributed by atoms with Crippen molar-refractivity contribution >= 4 is 41.2 Å². The Kier molecular flexibility index (Phi) is 12.9. The number of epoxide rings is 1. The minimum atomic E-state index is -1.88. The normalized spacial score (nSPS) is 30.8. The molecule has 16 nitrogen and oxygen atoms in total. The lowest BCUT2D eigenvalue weighted by Gasteiger charge is -2.42. The highest BCUT2D eigenvalue weighted by Gasteiger charge is 2.64. The standard InChI is InChI=1S/C40H47ClN4O12/c1-22-13-12-16-31(54-8)40(50)21-30(55-38(49)42-40)23(2)35-39(4,57-35)32(20-33(46)44(6)28-18-25(17-22)19-29(53-7)34(28)41)56-37(48)24(3)43(5)36(47)26-14-10-9-11-15-27(26)45(51)52/h10-16,18-19,23-24,30-32,35,50H,17,20-21H2,1-8H3,(H,42,49)/b16-12+,22-13+/t23-,24+,30+,31-,32+,35+,39+,40+/m1/s1. The van der Waals surface area contributed by atoms with Crippen LogP contribution < -0.4 is 15.0 Å². The van der Waals surface area contributed by atoms with Crippen LogP contribution in [0.3, 0.4) is 0 Å². The van der Waals surface area contributed by atoms with E-state index in [1.807, 2.05) is 13.0 Å². The Morgan fingerprint density at radius 2 is 1.91 bits per heavy atom. The maximum atomic E-state index is 14.2. The number of aliphatic hydroxyl groups is 1. The monoisotopic (exact) mass is 810 g/mol. The predicted molar refractivity (Wildman–Crippen MR) is 207 cm³/mol. The lowest BCUT2D eigenvalue weighted by atomic mass is 9.83. The zero-order valence-electron chi connectivity index (χ0n) is 32.9. The molecular weight excluding hydrogens is 764 g/mol. The Hall–Kier alpha value is -5.25. The molecule has 17 heteroatoms. The third-order valence-electron chi connectivity index (χ3n) is 10.8. The molecule has 2 saturated heterocycles. The molecule has 0 unspecified atom stereocenters. The minimum Gasteiger partial charge on any atom is -0.495 e. The number of allylic oxidation sites excluding steroid dienone is 6. The molecule has 306 valence electrons. The molecule has 3 aliphatic heterocycles. The van der Waals surface area contributed by atoms with Gasteiger partial charge in [0.2, 0.25) is 5.91 Å². The zero-order chi connectivity index (χ0) is 42.0. The highest BCUT2D eigenvalue weighted by atomic mass is 35.5. The van der Waals surface area contributed by atoms with E-state index < -0.39 is 88.6 Å². The number of alkyl carbamates (subject to hydrolysis) is 1. The molecular formula is C40H47ClN4O12. The highest BCUT2D eigenvalue weighted by molar-refractivity contribution is 6.35. The van der Waals surface area contributed by atoms with Gasteiger partial charge in [-0.2, -0.15) is 0 Å². The summed E-state index contributed by atoms with van der Waals surface area (Å²) in [6, 6.07) is 2.21. The summed E-state index contributed by atoms with van der Waals surface area (Å²) in [5.74, 6) is -2.56. The molecule has 0 spiro atoms. The van der Waals surface area contributed by atoms with Crippen molar-refractivity contribution in [1.29, 1.82) is 0 Å². The Balaban J connectivity index is 1.52. The van der Waals surface area contributed by atoms with Crippen LogP contribution in [0.1, 0.15) is 46.1 Å². The summed E-state index contributed by atoms with van der Waals surface area (Å²) in [5, 5.41) is 26.2.